The van der Waals surface area contributed by atoms with Gasteiger partial charge in [-0.2, -0.15) is 0 Å². The number of piperazine rings is 1. The van der Waals surface area contributed by atoms with Crippen molar-refractivity contribution in [2.24, 2.45) is 0 Å². The second-order valence-corrected chi connectivity index (χ2v) is 5.77. The smallest absolute Gasteiger partial charge is 0.0931 e. The molecule has 18 heavy (non-hydrogen) atoms. The normalized spacial score (nSPS) is 21.9. The fraction of sp³-hybridized carbons (Fsp3) is 0.643. The molecule has 4 nitrogen and oxygen atoms in total. The standard InChI is InChI=1S/C14H23N3O/c1-11(18)13-6-5-12(9-15-13)17-8-7-16(4)14(2,3)10-17/h5-6,9,11,18H,7-8,10H2,1-4H3/t11-/m0/s1. The number of aromatic nitrogens is 1. The fourth-order valence-corrected chi connectivity index (χ4v) is 2.29. The van der Waals surface area contributed by atoms with Crippen molar-refractivity contribution < 1.29 is 5.11 Å². The summed E-state index contributed by atoms with van der Waals surface area (Å²) in [5.74, 6) is 0. The Morgan fingerprint density at radius 3 is 2.56 bits per heavy atom. The number of pyridine rings is 1. The predicted molar refractivity (Wildman–Crippen MR) is 73.8 cm³/mol. The largest absolute Gasteiger partial charge is 0.387 e. The summed E-state index contributed by atoms with van der Waals surface area (Å²) in [5.41, 5.74) is 2.05. The zero-order valence-electron chi connectivity index (χ0n) is 11.7. The maximum Gasteiger partial charge on any atom is 0.0931 e. The van der Waals surface area contributed by atoms with Crippen LogP contribution in [0.25, 0.3) is 0 Å². The lowest BCUT2D eigenvalue weighted by molar-refractivity contribution is 0.139. The average molecular weight is 249 g/mol. The Hall–Kier alpha value is -1.13. The first-order valence-electron chi connectivity index (χ1n) is 6.50. The summed E-state index contributed by atoms with van der Waals surface area (Å²) < 4.78 is 0. The monoisotopic (exact) mass is 249 g/mol. The molecule has 2 heterocycles. The van der Waals surface area contributed by atoms with E-state index in [9.17, 15) is 5.11 Å². The predicted octanol–water partition coefficient (Wildman–Crippen LogP) is 1.67. The Morgan fingerprint density at radius 1 is 1.33 bits per heavy atom. The van der Waals surface area contributed by atoms with Gasteiger partial charge in [-0.3, -0.25) is 9.88 Å². The summed E-state index contributed by atoms with van der Waals surface area (Å²) in [7, 11) is 2.17. The highest BCUT2D eigenvalue weighted by Gasteiger charge is 2.31. The zero-order chi connectivity index (χ0) is 13.3. The van der Waals surface area contributed by atoms with Crippen LogP contribution in [0.5, 0.6) is 0 Å². The van der Waals surface area contributed by atoms with Crippen LogP contribution in [0.2, 0.25) is 0 Å². The van der Waals surface area contributed by atoms with Crippen LogP contribution < -0.4 is 4.90 Å². The minimum absolute atomic E-state index is 0.182. The van der Waals surface area contributed by atoms with Crippen molar-refractivity contribution in [3.8, 4) is 0 Å². The summed E-state index contributed by atoms with van der Waals surface area (Å²) in [6.07, 6.45) is 1.37. The van der Waals surface area contributed by atoms with Gasteiger partial charge in [-0.15, -0.1) is 0 Å². The summed E-state index contributed by atoms with van der Waals surface area (Å²) >= 11 is 0. The Kier molecular flexibility index (Phi) is 3.59. The molecule has 2 rings (SSSR count). The maximum absolute atomic E-state index is 9.46. The Bertz CT molecular complexity index is 400. The van der Waals surface area contributed by atoms with Gasteiger partial charge in [0, 0.05) is 25.2 Å². The van der Waals surface area contributed by atoms with Gasteiger partial charge in [-0.1, -0.05) is 0 Å². The summed E-state index contributed by atoms with van der Waals surface area (Å²) in [4.78, 5) is 9.06. The minimum Gasteiger partial charge on any atom is -0.387 e. The first kappa shape index (κ1) is 13.3. The van der Waals surface area contributed by atoms with E-state index in [1.54, 1.807) is 6.92 Å². The van der Waals surface area contributed by atoms with E-state index >= 15 is 0 Å². The number of aliphatic hydroxyl groups is 1. The molecule has 0 unspecified atom stereocenters. The van der Waals surface area contributed by atoms with E-state index in [1.165, 1.54) is 0 Å². The number of nitrogens with zero attached hydrogens (tertiary/aromatic N) is 3. The van der Waals surface area contributed by atoms with Crippen LogP contribution in [0.4, 0.5) is 5.69 Å². The number of hydrogen-bond acceptors (Lipinski definition) is 4. The molecule has 0 saturated carbocycles. The van der Waals surface area contributed by atoms with E-state index < -0.39 is 6.10 Å². The lowest BCUT2D eigenvalue weighted by Crippen LogP contribution is -2.57. The van der Waals surface area contributed by atoms with Crippen molar-refractivity contribution in [1.29, 1.82) is 0 Å². The van der Waals surface area contributed by atoms with Crippen LogP contribution in [-0.4, -0.2) is 47.2 Å². The lowest BCUT2D eigenvalue weighted by atomic mass is 9.99. The molecule has 4 heteroatoms. The van der Waals surface area contributed by atoms with E-state index in [2.05, 4.69) is 41.7 Å². The molecule has 0 amide bonds. The molecule has 0 aliphatic carbocycles. The van der Waals surface area contributed by atoms with E-state index in [0.717, 1.165) is 31.0 Å². The lowest BCUT2D eigenvalue weighted by Gasteiger charge is -2.46. The van der Waals surface area contributed by atoms with Crippen LogP contribution in [0.1, 0.15) is 32.6 Å². The van der Waals surface area contributed by atoms with E-state index in [0.29, 0.717) is 0 Å². The van der Waals surface area contributed by atoms with Crippen LogP contribution in [0.15, 0.2) is 18.3 Å². The van der Waals surface area contributed by atoms with Crippen molar-refractivity contribution >= 4 is 5.69 Å². The topological polar surface area (TPSA) is 39.6 Å². The van der Waals surface area contributed by atoms with Gasteiger partial charge >= 0.3 is 0 Å². The molecule has 1 N–H and O–H groups in total. The third kappa shape index (κ3) is 2.65. The molecule has 100 valence electrons. The second kappa shape index (κ2) is 4.86. The Balaban J connectivity index is 2.13. The van der Waals surface area contributed by atoms with Gasteiger partial charge in [-0.05, 0) is 40.0 Å². The van der Waals surface area contributed by atoms with E-state index in [-0.39, 0.29) is 5.54 Å². The third-order valence-corrected chi connectivity index (χ3v) is 3.88. The van der Waals surface area contributed by atoms with Gasteiger partial charge in [-0.25, -0.2) is 0 Å². The summed E-state index contributed by atoms with van der Waals surface area (Å²) in [6.45, 7) is 9.34. The number of anilines is 1. The zero-order valence-corrected chi connectivity index (χ0v) is 11.7. The van der Waals surface area contributed by atoms with Crippen molar-refractivity contribution in [2.75, 3.05) is 31.6 Å². The number of rotatable bonds is 2. The van der Waals surface area contributed by atoms with Crippen LogP contribution in [0.3, 0.4) is 0 Å². The quantitative estimate of drug-likeness (QED) is 0.865. The van der Waals surface area contributed by atoms with Crippen molar-refractivity contribution in [3.63, 3.8) is 0 Å². The molecule has 1 saturated heterocycles. The van der Waals surface area contributed by atoms with Gasteiger partial charge in [0.15, 0.2) is 0 Å². The molecular formula is C14H23N3O. The van der Waals surface area contributed by atoms with Crippen molar-refractivity contribution in [1.82, 2.24) is 9.88 Å². The van der Waals surface area contributed by atoms with Gasteiger partial charge in [0.2, 0.25) is 0 Å². The molecule has 0 radical (unpaired) electrons. The van der Waals surface area contributed by atoms with E-state index in [4.69, 9.17) is 0 Å². The minimum atomic E-state index is -0.497. The SMILES string of the molecule is C[C@H](O)c1ccc(N2CCN(C)C(C)(C)C2)cn1. The Labute approximate surface area is 109 Å². The molecule has 1 aliphatic rings. The molecule has 1 aromatic heterocycles. The van der Waals surface area contributed by atoms with Crippen molar-refractivity contribution in [2.45, 2.75) is 32.4 Å². The molecule has 1 fully saturated rings. The average Bonchev–Trinajstić information content (AvgIpc) is 2.33. The molecule has 1 aliphatic heterocycles. The Morgan fingerprint density at radius 2 is 2.06 bits per heavy atom. The molecular weight excluding hydrogens is 226 g/mol. The van der Waals surface area contributed by atoms with Crippen LogP contribution in [0, 0.1) is 0 Å². The van der Waals surface area contributed by atoms with Gasteiger partial charge in [0.1, 0.15) is 0 Å². The third-order valence-electron chi connectivity index (χ3n) is 3.88. The first-order valence-corrected chi connectivity index (χ1v) is 6.50. The number of hydrogen-bond donors (Lipinski definition) is 1. The molecule has 1 aromatic rings. The highest BCUT2D eigenvalue weighted by molar-refractivity contribution is 5.46. The van der Waals surface area contributed by atoms with E-state index in [1.807, 2.05) is 12.3 Å². The molecule has 0 aromatic carbocycles. The van der Waals surface area contributed by atoms with Crippen LogP contribution in [-0.2, 0) is 0 Å². The highest BCUT2D eigenvalue weighted by Crippen LogP contribution is 2.24. The molecule has 0 bridgehead atoms. The first-order chi connectivity index (χ1) is 8.40. The van der Waals surface area contributed by atoms with Crippen molar-refractivity contribution in [3.05, 3.63) is 24.0 Å². The summed E-state index contributed by atoms with van der Waals surface area (Å²) in [6, 6.07) is 3.96. The maximum atomic E-state index is 9.46. The van der Waals surface area contributed by atoms with Gasteiger partial charge < -0.3 is 10.0 Å². The second-order valence-electron chi connectivity index (χ2n) is 5.77. The van der Waals surface area contributed by atoms with Gasteiger partial charge in [0.05, 0.1) is 23.7 Å². The highest BCUT2D eigenvalue weighted by atomic mass is 16.3. The number of likely N-dealkylation sites (N-methyl/N-ethyl adjacent to an activating group) is 1. The molecule has 1 atom stereocenters. The van der Waals surface area contributed by atoms with Crippen LogP contribution >= 0.6 is 0 Å². The number of aliphatic hydroxyl groups excluding tert-OH is 1. The molecule has 0 spiro atoms. The fourth-order valence-electron chi connectivity index (χ4n) is 2.29. The van der Waals surface area contributed by atoms with Gasteiger partial charge in [0.25, 0.3) is 0 Å². The summed E-state index contributed by atoms with van der Waals surface area (Å²) in [5, 5.41) is 9.46.